The Labute approximate surface area is 119 Å². The van der Waals surface area contributed by atoms with Gasteiger partial charge in [-0.25, -0.2) is 9.97 Å². The molecule has 2 aromatic heterocycles. The lowest BCUT2D eigenvalue weighted by Gasteiger charge is -2.15. The lowest BCUT2D eigenvalue weighted by Crippen LogP contribution is -2.10. The fourth-order valence-electron chi connectivity index (χ4n) is 2.08. The van der Waals surface area contributed by atoms with Crippen LogP contribution in [-0.2, 0) is 11.8 Å². The molecule has 2 N–H and O–H groups in total. The van der Waals surface area contributed by atoms with Crippen LogP contribution in [0.2, 0.25) is 0 Å². The molecule has 2 aromatic rings. The molecule has 0 fully saturated rings. The summed E-state index contributed by atoms with van der Waals surface area (Å²) in [4.78, 5) is 8.90. The van der Waals surface area contributed by atoms with Gasteiger partial charge in [0.2, 0.25) is 0 Å². The van der Waals surface area contributed by atoms with Gasteiger partial charge in [0.1, 0.15) is 11.9 Å². The Kier molecular flexibility index (Phi) is 4.68. The zero-order valence-electron chi connectivity index (χ0n) is 12.2. The highest BCUT2D eigenvalue weighted by molar-refractivity contribution is 5.60. The Bertz CT molecular complexity index is 560. The minimum absolute atomic E-state index is 0.107. The zero-order chi connectivity index (χ0) is 14.5. The van der Waals surface area contributed by atoms with Gasteiger partial charge in [0.25, 0.3) is 0 Å². The van der Waals surface area contributed by atoms with E-state index < -0.39 is 0 Å². The quantitative estimate of drug-likeness (QED) is 0.875. The largest absolute Gasteiger partial charge is 0.384 e. The molecule has 2 rings (SSSR count). The molecule has 0 radical (unpaired) electrons. The molecule has 0 bridgehead atoms. The third-order valence-corrected chi connectivity index (χ3v) is 2.97. The minimum atomic E-state index is -0.107. The summed E-state index contributed by atoms with van der Waals surface area (Å²) in [6.07, 6.45) is 5.45. The first-order valence-electron chi connectivity index (χ1n) is 6.89. The molecule has 1 unspecified atom stereocenters. The highest BCUT2D eigenvalue weighted by Crippen LogP contribution is 2.24. The summed E-state index contributed by atoms with van der Waals surface area (Å²) in [5.41, 5.74) is 7.60. The van der Waals surface area contributed by atoms with Gasteiger partial charge < -0.3 is 10.5 Å². The van der Waals surface area contributed by atoms with Crippen molar-refractivity contribution < 1.29 is 4.74 Å². The van der Waals surface area contributed by atoms with Crippen LogP contribution in [0.3, 0.4) is 0 Å². The molecular formula is C14H21N5O. The number of hydrogen-bond acceptors (Lipinski definition) is 5. The van der Waals surface area contributed by atoms with Gasteiger partial charge in [0.05, 0.1) is 11.9 Å². The SMILES string of the molecule is CCCC(OCC)c1nc(N)cc(-c2cnn(C)c2)n1. The Balaban J connectivity index is 2.36. The van der Waals surface area contributed by atoms with E-state index in [-0.39, 0.29) is 6.10 Å². The van der Waals surface area contributed by atoms with Crippen LogP contribution in [0, 0.1) is 0 Å². The van der Waals surface area contributed by atoms with Crippen LogP contribution >= 0.6 is 0 Å². The van der Waals surface area contributed by atoms with Gasteiger partial charge in [-0.2, -0.15) is 5.10 Å². The minimum Gasteiger partial charge on any atom is -0.384 e. The molecule has 20 heavy (non-hydrogen) atoms. The second kappa shape index (κ2) is 6.47. The molecule has 0 amide bonds. The third kappa shape index (κ3) is 3.33. The lowest BCUT2D eigenvalue weighted by atomic mass is 10.1. The summed E-state index contributed by atoms with van der Waals surface area (Å²) in [7, 11) is 1.87. The van der Waals surface area contributed by atoms with Crippen molar-refractivity contribution in [1.82, 2.24) is 19.7 Å². The maximum absolute atomic E-state index is 5.90. The maximum atomic E-state index is 5.90. The molecule has 1 atom stereocenters. The average molecular weight is 275 g/mol. The van der Waals surface area contributed by atoms with Crippen LogP contribution in [0.5, 0.6) is 0 Å². The highest BCUT2D eigenvalue weighted by atomic mass is 16.5. The predicted octanol–water partition coefficient (Wildman–Crippen LogP) is 2.34. The molecule has 0 aliphatic carbocycles. The van der Waals surface area contributed by atoms with Crippen molar-refractivity contribution in [2.45, 2.75) is 32.8 Å². The molecule has 0 saturated carbocycles. The number of hydrogen-bond donors (Lipinski definition) is 1. The van der Waals surface area contributed by atoms with Gasteiger partial charge in [-0.1, -0.05) is 13.3 Å². The molecule has 0 aliphatic heterocycles. The maximum Gasteiger partial charge on any atom is 0.160 e. The number of nitrogens with zero attached hydrogens (tertiary/aromatic N) is 4. The predicted molar refractivity (Wildman–Crippen MR) is 77.9 cm³/mol. The van der Waals surface area contributed by atoms with E-state index in [0.29, 0.717) is 18.2 Å². The summed E-state index contributed by atoms with van der Waals surface area (Å²) in [6, 6.07) is 1.76. The first-order valence-corrected chi connectivity index (χ1v) is 6.89. The van der Waals surface area contributed by atoms with Crippen molar-refractivity contribution >= 4 is 5.82 Å². The van der Waals surface area contributed by atoms with Crippen LogP contribution in [-0.4, -0.2) is 26.4 Å². The van der Waals surface area contributed by atoms with Crippen molar-refractivity contribution in [1.29, 1.82) is 0 Å². The summed E-state index contributed by atoms with van der Waals surface area (Å²) in [5.74, 6) is 1.10. The molecule has 0 saturated heterocycles. The molecule has 108 valence electrons. The van der Waals surface area contributed by atoms with Crippen LogP contribution in [0.25, 0.3) is 11.3 Å². The Morgan fingerprint density at radius 2 is 2.15 bits per heavy atom. The van der Waals surface area contributed by atoms with E-state index in [9.17, 15) is 0 Å². The number of ether oxygens (including phenoxy) is 1. The van der Waals surface area contributed by atoms with E-state index in [1.807, 2.05) is 20.2 Å². The number of anilines is 1. The highest BCUT2D eigenvalue weighted by Gasteiger charge is 2.16. The van der Waals surface area contributed by atoms with E-state index in [4.69, 9.17) is 10.5 Å². The summed E-state index contributed by atoms with van der Waals surface area (Å²) in [5, 5.41) is 4.15. The molecule has 6 nitrogen and oxygen atoms in total. The van der Waals surface area contributed by atoms with Crippen LogP contribution in [0.4, 0.5) is 5.82 Å². The second-order valence-electron chi connectivity index (χ2n) is 4.67. The summed E-state index contributed by atoms with van der Waals surface area (Å²) in [6.45, 7) is 4.71. The standard InChI is InChI=1S/C14H21N5O/c1-4-6-12(20-5-2)14-17-11(7-13(15)18-14)10-8-16-19(3)9-10/h7-9,12H,4-6H2,1-3H3,(H2,15,17,18). The Hall–Kier alpha value is -1.95. The molecule has 0 aromatic carbocycles. The number of nitrogen functional groups attached to an aromatic ring is 1. The van der Waals surface area contributed by atoms with Gasteiger partial charge >= 0.3 is 0 Å². The summed E-state index contributed by atoms with van der Waals surface area (Å²) >= 11 is 0. The van der Waals surface area contributed by atoms with Gasteiger partial charge in [0.15, 0.2) is 5.82 Å². The van der Waals surface area contributed by atoms with E-state index >= 15 is 0 Å². The topological polar surface area (TPSA) is 78.9 Å². The third-order valence-electron chi connectivity index (χ3n) is 2.97. The van der Waals surface area contributed by atoms with Crippen LogP contribution < -0.4 is 5.73 Å². The smallest absolute Gasteiger partial charge is 0.160 e. The Morgan fingerprint density at radius 3 is 2.75 bits per heavy atom. The first-order chi connectivity index (χ1) is 9.63. The number of aromatic nitrogens is 4. The van der Waals surface area contributed by atoms with E-state index in [1.165, 1.54) is 0 Å². The molecule has 2 heterocycles. The monoisotopic (exact) mass is 275 g/mol. The van der Waals surface area contributed by atoms with Gasteiger partial charge in [-0.05, 0) is 13.3 Å². The van der Waals surface area contributed by atoms with E-state index in [0.717, 1.165) is 24.1 Å². The first kappa shape index (κ1) is 14.5. The number of aryl methyl sites for hydroxylation is 1. The normalized spacial score (nSPS) is 12.6. The van der Waals surface area contributed by atoms with Crippen molar-refractivity contribution in [2.24, 2.45) is 7.05 Å². The van der Waals surface area contributed by atoms with Crippen molar-refractivity contribution in [3.63, 3.8) is 0 Å². The van der Waals surface area contributed by atoms with Crippen molar-refractivity contribution in [3.8, 4) is 11.3 Å². The van der Waals surface area contributed by atoms with Gasteiger partial charge in [-0.15, -0.1) is 0 Å². The van der Waals surface area contributed by atoms with Gasteiger partial charge in [-0.3, -0.25) is 4.68 Å². The number of nitrogens with two attached hydrogens (primary N) is 1. The molecular weight excluding hydrogens is 254 g/mol. The number of rotatable bonds is 6. The fraction of sp³-hybridized carbons (Fsp3) is 0.500. The fourth-order valence-corrected chi connectivity index (χ4v) is 2.08. The Morgan fingerprint density at radius 1 is 1.35 bits per heavy atom. The van der Waals surface area contributed by atoms with Crippen LogP contribution in [0.1, 0.15) is 38.6 Å². The molecule has 6 heteroatoms. The molecule has 0 spiro atoms. The summed E-state index contributed by atoms with van der Waals surface area (Å²) < 4.78 is 7.45. The van der Waals surface area contributed by atoms with E-state index in [2.05, 4.69) is 22.0 Å². The van der Waals surface area contributed by atoms with Gasteiger partial charge in [0, 0.05) is 31.5 Å². The average Bonchev–Trinajstić information content (AvgIpc) is 2.84. The molecule has 0 aliphatic rings. The second-order valence-corrected chi connectivity index (χ2v) is 4.67. The zero-order valence-corrected chi connectivity index (χ0v) is 12.2. The van der Waals surface area contributed by atoms with Crippen molar-refractivity contribution in [2.75, 3.05) is 12.3 Å². The van der Waals surface area contributed by atoms with E-state index in [1.54, 1.807) is 16.9 Å². The van der Waals surface area contributed by atoms with Crippen LogP contribution in [0.15, 0.2) is 18.5 Å². The lowest BCUT2D eigenvalue weighted by molar-refractivity contribution is 0.0495. The van der Waals surface area contributed by atoms with Crippen molar-refractivity contribution in [3.05, 3.63) is 24.3 Å².